The van der Waals surface area contributed by atoms with Gasteiger partial charge in [0, 0.05) is 35.6 Å². The Hall–Kier alpha value is -2.73. The number of halogens is 7. The first-order chi connectivity index (χ1) is 19.8. The molecule has 0 bridgehead atoms. The first-order valence-electron chi connectivity index (χ1n) is 12.7. The molecule has 0 radical (unpaired) electrons. The van der Waals surface area contributed by atoms with Crippen LogP contribution in [0.3, 0.4) is 0 Å². The summed E-state index contributed by atoms with van der Waals surface area (Å²) in [4.78, 5) is 38.7. The van der Waals surface area contributed by atoms with Crippen LogP contribution in [0.1, 0.15) is 45.8 Å². The van der Waals surface area contributed by atoms with Gasteiger partial charge in [-0.1, -0.05) is 46.9 Å². The van der Waals surface area contributed by atoms with Crippen LogP contribution in [0.5, 0.6) is 0 Å². The van der Waals surface area contributed by atoms with Gasteiger partial charge in [-0.3, -0.25) is 14.4 Å². The Bertz CT molecular complexity index is 1700. The Kier molecular flexibility index (Phi) is 8.34. The zero-order valence-corrected chi connectivity index (χ0v) is 25.2. The summed E-state index contributed by atoms with van der Waals surface area (Å²) in [5.41, 5.74) is -1.01. The third-order valence-corrected chi connectivity index (χ3v) is 9.63. The van der Waals surface area contributed by atoms with E-state index in [0.717, 1.165) is 12.1 Å². The van der Waals surface area contributed by atoms with Crippen LogP contribution in [0.15, 0.2) is 48.5 Å². The van der Waals surface area contributed by atoms with Crippen molar-refractivity contribution in [3.63, 3.8) is 0 Å². The summed E-state index contributed by atoms with van der Waals surface area (Å²) >= 11 is 31.2. The normalized spacial score (nSPS) is 19.5. The zero-order valence-electron chi connectivity index (χ0n) is 21.4. The predicted octanol–water partition coefficient (Wildman–Crippen LogP) is 8.29. The molecule has 3 aromatic carbocycles. The fraction of sp³-hybridized carbons (Fsp3) is 0.267. The molecule has 0 saturated heterocycles. The van der Waals surface area contributed by atoms with Crippen molar-refractivity contribution in [2.24, 2.45) is 11.3 Å². The molecule has 5 rings (SSSR count). The maximum atomic E-state index is 15.3. The number of carbonyl (C=O) groups excluding carboxylic acids is 3. The van der Waals surface area contributed by atoms with Gasteiger partial charge in [0.05, 0.1) is 27.1 Å². The van der Waals surface area contributed by atoms with Crippen molar-refractivity contribution in [3.05, 3.63) is 97.5 Å². The summed E-state index contributed by atoms with van der Waals surface area (Å²) in [6.07, 6.45) is -0.392. The van der Waals surface area contributed by atoms with Gasteiger partial charge < -0.3 is 5.32 Å². The van der Waals surface area contributed by atoms with Crippen molar-refractivity contribution in [2.75, 3.05) is 5.32 Å². The molecule has 0 aliphatic heterocycles. The molecule has 216 valence electrons. The van der Waals surface area contributed by atoms with Crippen molar-refractivity contribution >= 4 is 81.2 Å². The highest BCUT2D eigenvalue weighted by Crippen LogP contribution is 2.65. The lowest BCUT2D eigenvalue weighted by Gasteiger charge is -2.12. The third-order valence-electron chi connectivity index (χ3n) is 7.63. The summed E-state index contributed by atoms with van der Waals surface area (Å²) in [5.74, 6) is -5.06. The van der Waals surface area contributed by atoms with E-state index in [1.807, 2.05) is 6.07 Å². The van der Waals surface area contributed by atoms with Gasteiger partial charge in [0.1, 0.15) is 21.4 Å². The molecule has 2 atom stereocenters. The molecule has 0 aromatic heterocycles. The second-order valence-corrected chi connectivity index (χ2v) is 13.0. The number of nitrogens with one attached hydrogen (secondary N) is 1. The molecular weight excluding hydrogens is 652 g/mol. The first-order valence-corrected chi connectivity index (χ1v) is 14.5. The summed E-state index contributed by atoms with van der Waals surface area (Å²) in [6.45, 7) is 0. The Morgan fingerprint density at radius 1 is 0.929 bits per heavy atom. The van der Waals surface area contributed by atoms with Gasteiger partial charge in [0.25, 0.3) is 0 Å². The first kappa shape index (κ1) is 30.7. The molecule has 2 fully saturated rings. The molecule has 0 unspecified atom stereocenters. The largest absolute Gasteiger partial charge is 0.326 e. The van der Waals surface area contributed by atoms with Crippen LogP contribution in [0.2, 0.25) is 15.1 Å². The van der Waals surface area contributed by atoms with Gasteiger partial charge in [0.15, 0.2) is 11.6 Å². The molecule has 0 spiro atoms. The van der Waals surface area contributed by atoms with Gasteiger partial charge >= 0.3 is 0 Å². The highest BCUT2D eigenvalue weighted by molar-refractivity contribution is 6.53. The minimum atomic E-state index is -1.40. The number of hydrogen-bond acceptors (Lipinski definition) is 4. The third kappa shape index (κ3) is 5.76. The monoisotopic (exact) mass is 668 g/mol. The molecular formula is C30H19Cl5F2N2O3. The topological polar surface area (TPSA) is 87.0 Å². The average molecular weight is 671 g/mol. The molecule has 3 aromatic rings. The maximum Gasteiger partial charge on any atom is 0.231 e. The van der Waals surface area contributed by atoms with E-state index in [1.165, 1.54) is 18.2 Å². The molecule has 2 aliphatic rings. The molecule has 5 nitrogen and oxygen atoms in total. The lowest BCUT2D eigenvalue weighted by atomic mass is 9.93. The van der Waals surface area contributed by atoms with Gasteiger partial charge in [-0.2, -0.15) is 5.26 Å². The molecule has 42 heavy (non-hydrogen) atoms. The lowest BCUT2D eigenvalue weighted by molar-refractivity contribution is -0.121. The zero-order chi connectivity index (χ0) is 30.6. The summed E-state index contributed by atoms with van der Waals surface area (Å²) in [7, 11) is 0. The summed E-state index contributed by atoms with van der Waals surface area (Å²) in [5, 5.41) is 12.6. The van der Waals surface area contributed by atoms with Crippen molar-refractivity contribution < 1.29 is 23.2 Å². The standard InChI is InChI=1S/C30H19Cl5F2N2O3/c31-19-5-3-16(39-28(42)26-25(30(26,34)35)14-1-4-20(32)21(33)9-14)11-17(19)23(40)10-15-2-6-22(36)18(27(15)37)12-24(41)29(13-38)7-8-29/h1-6,9,11,25-26H,7-8,10,12H2,(H,39,42)/t25-,26+/m0/s1. The van der Waals surface area contributed by atoms with Crippen LogP contribution in [0.25, 0.3) is 0 Å². The Morgan fingerprint density at radius 2 is 1.62 bits per heavy atom. The van der Waals surface area contributed by atoms with Crippen molar-refractivity contribution in [3.8, 4) is 6.07 Å². The molecule has 12 heteroatoms. The smallest absolute Gasteiger partial charge is 0.231 e. The van der Waals surface area contributed by atoms with Gasteiger partial charge in [-0.05, 0) is 60.4 Å². The van der Waals surface area contributed by atoms with E-state index in [9.17, 15) is 24.0 Å². The van der Waals surface area contributed by atoms with Crippen molar-refractivity contribution in [1.82, 2.24) is 0 Å². The number of nitriles is 1. The van der Waals surface area contributed by atoms with Crippen LogP contribution in [0, 0.1) is 34.3 Å². The number of ketones is 2. The van der Waals surface area contributed by atoms with Crippen LogP contribution < -0.4 is 5.32 Å². The maximum absolute atomic E-state index is 15.3. The van der Waals surface area contributed by atoms with Crippen molar-refractivity contribution in [2.45, 2.75) is 35.9 Å². The summed E-state index contributed by atoms with van der Waals surface area (Å²) in [6, 6.07) is 13.0. The highest BCUT2D eigenvalue weighted by Gasteiger charge is 2.67. The van der Waals surface area contributed by atoms with E-state index in [0.29, 0.717) is 23.4 Å². The fourth-order valence-electron chi connectivity index (χ4n) is 4.93. The van der Waals surface area contributed by atoms with E-state index in [2.05, 4.69) is 5.32 Å². The summed E-state index contributed by atoms with van der Waals surface area (Å²) < 4.78 is 28.3. The Balaban J connectivity index is 1.31. The van der Waals surface area contributed by atoms with E-state index in [-0.39, 0.29) is 26.9 Å². The number of anilines is 1. The second kappa shape index (κ2) is 11.4. The van der Waals surface area contributed by atoms with Crippen LogP contribution in [-0.4, -0.2) is 21.8 Å². The number of Topliss-reactive ketones (excluding diaryl/α,β-unsaturated/α-hetero) is 2. The minimum Gasteiger partial charge on any atom is -0.326 e. The number of rotatable bonds is 9. The van der Waals surface area contributed by atoms with Gasteiger partial charge in [0.2, 0.25) is 5.91 Å². The predicted molar refractivity (Wildman–Crippen MR) is 158 cm³/mol. The average Bonchev–Trinajstić information content (AvgIpc) is 3.85. The lowest BCUT2D eigenvalue weighted by Crippen LogP contribution is -2.19. The van der Waals surface area contributed by atoms with Crippen LogP contribution in [0.4, 0.5) is 14.5 Å². The number of carbonyl (C=O) groups is 3. The SMILES string of the molecule is N#CC1(C(=O)Cc2c(F)ccc(CC(=O)c3cc(NC(=O)[C@H]4[C@H](c5ccc(Cl)c(Cl)c5)C4(Cl)Cl)ccc3Cl)c2F)CC1. The Labute approximate surface area is 264 Å². The fourth-order valence-corrected chi connectivity index (χ4v) is 6.29. The van der Waals surface area contributed by atoms with Gasteiger partial charge in [-0.25, -0.2) is 8.78 Å². The number of nitrogens with zero attached hydrogens (tertiary/aromatic N) is 1. The molecule has 1 amide bonds. The quantitative estimate of drug-likeness (QED) is 0.183. The van der Waals surface area contributed by atoms with Crippen LogP contribution in [-0.2, 0) is 22.4 Å². The van der Waals surface area contributed by atoms with E-state index in [4.69, 9.17) is 58.0 Å². The van der Waals surface area contributed by atoms with E-state index < -0.39 is 69.1 Å². The molecule has 2 saturated carbocycles. The second-order valence-electron chi connectivity index (χ2n) is 10.4. The van der Waals surface area contributed by atoms with E-state index >= 15 is 4.39 Å². The van der Waals surface area contributed by atoms with Crippen molar-refractivity contribution in [1.29, 1.82) is 5.26 Å². The number of hydrogen-bond donors (Lipinski definition) is 1. The molecule has 1 N–H and O–H groups in total. The van der Waals surface area contributed by atoms with E-state index in [1.54, 1.807) is 18.2 Å². The highest BCUT2D eigenvalue weighted by atomic mass is 35.5. The number of amides is 1. The Morgan fingerprint density at radius 3 is 2.26 bits per heavy atom. The minimum absolute atomic E-state index is 0.0166. The van der Waals surface area contributed by atoms with Gasteiger partial charge in [-0.15, -0.1) is 23.2 Å². The number of alkyl halides is 2. The molecule has 2 aliphatic carbocycles. The number of benzene rings is 3. The molecule has 0 heterocycles. The van der Waals surface area contributed by atoms with Crippen LogP contribution >= 0.6 is 58.0 Å².